The second kappa shape index (κ2) is 6.55. The van der Waals surface area contributed by atoms with E-state index in [1.165, 1.54) is 11.6 Å². The van der Waals surface area contributed by atoms with Gasteiger partial charge < -0.3 is 10.2 Å². The molecule has 1 N–H and O–H groups in total. The van der Waals surface area contributed by atoms with E-state index >= 15 is 0 Å². The van der Waals surface area contributed by atoms with Crippen molar-refractivity contribution in [2.24, 2.45) is 0 Å². The molecule has 0 saturated heterocycles. The topological polar surface area (TPSA) is 45.2 Å². The van der Waals surface area contributed by atoms with E-state index in [1.807, 2.05) is 24.3 Å². The maximum atomic E-state index is 13.3. The number of pyridine rings is 1. The Morgan fingerprint density at radius 1 is 1.04 bits per heavy atom. The zero-order valence-electron chi connectivity index (χ0n) is 13.7. The van der Waals surface area contributed by atoms with Crippen LogP contribution in [0.2, 0.25) is 0 Å². The van der Waals surface area contributed by atoms with Crippen LogP contribution in [0.4, 0.5) is 25.8 Å². The van der Waals surface area contributed by atoms with E-state index in [4.69, 9.17) is 0 Å². The third-order valence-electron chi connectivity index (χ3n) is 4.35. The molecule has 0 fully saturated rings. The zero-order chi connectivity index (χ0) is 18.1. The highest BCUT2D eigenvalue weighted by Gasteiger charge is 2.21. The van der Waals surface area contributed by atoms with Crippen LogP contribution in [0, 0.1) is 11.6 Å². The molecule has 6 heteroatoms. The number of anilines is 3. The Morgan fingerprint density at radius 3 is 2.73 bits per heavy atom. The average Bonchev–Trinajstić information content (AvgIpc) is 3.09. The molecule has 1 aromatic heterocycles. The van der Waals surface area contributed by atoms with Gasteiger partial charge in [-0.1, -0.05) is 18.2 Å². The van der Waals surface area contributed by atoms with Gasteiger partial charge in [-0.2, -0.15) is 0 Å². The lowest BCUT2D eigenvalue weighted by atomic mass is 10.2. The molecule has 2 aromatic carbocycles. The number of fused-ring (bicyclic) bond motifs is 1. The normalized spacial score (nSPS) is 12.8. The van der Waals surface area contributed by atoms with Gasteiger partial charge in [-0.3, -0.25) is 9.78 Å². The number of nitrogens with zero attached hydrogens (tertiary/aromatic N) is 2. The van der Waals surface area contributed by atoms with Crippen molar-refractivity contribution in [1.29, 1.82) is 0 Å². The molecule has 1 aliphatic rings. The lowest BCUT2D eigenvalue weighted by Crippen LogP contribution is -2.17. The van der Waals surface area contributed by atoms with Gasteiger partial charge in [0.15, 0.2) is 11.6 Å². The summed E-state index contributed by atoms with van der Waals surface area (Å²) in [4.78, 5) is 18.6. The molecule has 0 spiro atoms. The molecule has 4 rings (SSSR count). The highest BCUT2D eigenvalue weighted by atomic mass is 19.2. The highest BCUT2D eigenvalue weighted by molar-refractivity contribution is 6.03. The lowest BCUT2D eigenvalue weighted by molar-refractivity contribution is 0.102. The third kappa shape index (κ3) is 3.01. The van der Waals surface area contributed by atoms with Crippen molar-refractivity contribution >= 4 is 23.0 Å². The molecule has 130 valence electrons. The van der Waals surface area contributed by atoms with Crippen LogP contribution < -0.4 is 10.2 Å². The van der Waals surface area contributed by atoms with E-state index in [1.54, 1.807) is 12.3 Å². The van der Waals surface area contributed by atoms with Gasteiger partial charge >= 0.3 is 0 Å². The van der Waals surface area contributed by atoms with Gasteiger partial charge in [0, 0.05) is 35.9 Å². The second-order valence-electron chi connectivity index (χ2n) is 6.01. The number of carbonyl (C=O) groups excluding carboxylic acids is 1. The molecule has 0 saturated carbocycles. The Labute approximate surface area is 149 Å². The highest BCUT2D eigenvalue weighted by Crippen LogP contribution is 2.34. The van der Waals surface area contributed by atoms with Gasteiger partial charge in [-0.25, -0.2) is 8.78 Å². The van der Waals surface area contributed by atoms with Crippen molar-refractivity contribution in [2.75, 3.05) is 16.8 Å². The summed E-state index contributed by atoms with van der Waals surface area (Å²) in [5.41, 5.74) is 3.62. The molecule has 4 nitrogen and oxygen atoms in total. The van der Waals surface area contributed by atoms with Crippen molar-refractivity contribution in [3.63, 3.8) is 0 Å². The van der Waals surface area contributed by atoms with Crippen molar-refractivity contribution in [2.45, 2.75) is 6.42 Å². The predicted octanol–water partition coefficient (Wildman–Crippen LogP) is 4.31. The number of hydrogen-bond donors (Lipinski definition) is 1. The third-order valence-corrected chi connectivity index (χ3v) is 4.35. The van der Waals surface area contributed by atoms with E-state index in [0.29, 0.717) is 0 Å². The van der Waals surface area contributed by atoms with Crippen LogP contribution in [0.3, 0.4) is 0 Å². The molecule has 0 aliphatic carbocycles. The number of rotatable bonds is 3. The minimum atomic E-state index is -1.02. The summed E-state index contributed by atoms with van der Waals surface area (Å²) in [6, 6.07) is 14.9. The van der Waals surface area contributed by atoms with Crippen LogP contribution in [0.15, 0.2) is 60.8 Å². The summed E-state index contributed by atoms with van der Waals surface area (Å²) in [6.07, 6.45) is 2.51. The number of hydrogen-bond acceptors (Lipinski definition) is 3. The van der Waals surface area contributed by atoms with Crippen molar-refractivity contribution in [1.82, 2.24) is 4.98 Å². The zero-order valence-corrected chi connectivity index (χ0v) is 13.7. The van der Waals surface area contributed by atoms with Gasteiger partial charge in [0.1, 0.15) is 5.69 Å². The Morgan fingerprint density at radius 2 is 1.88 bits per heavy atom. The molecule has 2 heterocycles. The Bertz CT molecular complexity index is 990. The van der Waals surface area contributed by atoms with Crippen molar-refractivity contribution in [3.8, 4) is 0 Å². The first kappa shape index (κ1) is 16.2. The Hall–Kier alpha value is -3.28. The lowest BCUT2D eigenvalue weighted by Gasteiger charge is -2.19. The summed E-state index contributed by atoms with van der Waals surface area (Å²) in [6.45, 7) is 0.827. The number of carbonyl (C=O) groups is 1. The summed E-state index contributed by atoms with van der Waals surface area (Å²) >= 11 is 0. The summed E-state index contributed by atoms with van der Waals surface area (Å²) in [5.74, 6) is -2.46. The molecular formula is C20H15F2N3O. The van der Waals surface area contributed by atoms with Gasteiger partial charge in [-0.05, 0) is 42.3 Å². The fourth-order valence-electron chi connectivity index (χ4n) is 3.09. The number of nitrogens with one attached hydrogen (secondary N) is 1. The molecule has 0 bridgehead atoms. The number of benzene rings is 2. The number of amides is 1. The van der Waals surface area contributed by atoms with E-state index in [-0.39, 0.29) is 11.4 Å². The molecule has 0 radical (unpaired) electrons. The first-order valence-corrected chi connectivity index (χ1v) is 8.20. The summed E-state index contributed by atoms with van der Waals surface area (Å²) in [7, 11) is 0. The van der Waals surface area contributed by atoms with Crippen molar-refractivity contribution in [3.05, 3.63) is 83.7 Å². The minimum Gasteiger partial charge on any atom is -0.341 e. The second-order valence-corrected chi connectivity index (χ2v) is 6.01. The largest absolute Gasteiger partial charge is 0.341 e. The maximum absolute atomic E-state index is 13.3. The van der Waals surface area contributed by atoms with Crippen LogP contribution in [0.1, 0.15) is 16.1 Å². The quantitative estimate of drug-likeness (QED) is 0.765. The van der Waals surface area contributed by atoms with Gasteiger partial charge in [0.05, 0.1) is 0 Å². The predicted molar refractivity (Wildman–Crippen MR) is 95.7 cm³/mol. The maximum Gasteiger partial charge on any atom is 0.274 e. The fraction of sp³-hybridized carbons (Fsp3) is 0.100. The summed E-state index contributed by atoms with van der Waals surface area (Å²) < 4.78 is 26.3. The number of para-hydroxylation sites is 1. The average molecular weight is 351 g/mol. The standard InChI is InChI=1S/C20H15F2N3O/c21-16-6-5-14(11-17(16)22)24-20(26)18-12-15(7-9-23-18)25-10-8-13-3-1-2-4-19(13)25/h1-7,9,11-12H,8,10H2,(H,24,26). The monoisotopic (exact) mass is 351 g/mol. The molecule has 1 aliphatic heterocycles. The number of aromatic nitrogens is 1. The smallest absolute Gasteiger partial charge is 0.274 e. The van der Waals surface area contributed by atoms with Gasteiger partial charge in [0.2, 0.25) is 0 Å². The first-order chi connectivity index (χ1) is 12.6. The van der Waals surface area contributed by atoms with E-state index in [0.717, 1.165) is 36.5 Å². The van der Waals surface area contributed by atoms with E-state index in [2.05, 4.69) is 21.3 Å². The fourth-order valence-corrected chi connectivity index (χ4v) is 3.09. The molecular weight excluding hydrogens is 336 g/mol. The van der Waals surface area contributed by atoms with Crippen LogP contribution in [0.25, 0.3) is 0 Å². The van der Waals surface area contributed by atoms with E-state index in [9.17, 15) is 13.6 Å². The SMILES string of the molecule is O=C(Nc1ccc(F)c(F)c1)c1cc(N2CCc3ccccc32)ccn1. The van der Waals surface area contributed by atoms with Crippen molar-refractivity contribution < 1.29 is 13.6 Å². The molecule has 1 amide bonds. The Balaban J connectivity index is 1.58. The minimum absolute atomic E-state index is 0.174. The molecule has 26 heavy (non-hydrogen) atoms. The Kier molecular flexibility index (Phi) is 4.08. The van der Waals surface area contributed by atoms with Crippen LogP contribution >= 0.6 is 0 Å². The first-order valence-electron chi connectivity index (χ1n) is 8.20. The van der Waals surface area contributed by atoms with Crippen LogP contribution in [0.5, 0.6) is 0 Å². The van der Waals surface area contributed by atoms with Crippen LogP contribution in [-0.4, -0.2) is 17.4 Å². The summed E-state index contributed by atoms with van der Waals surface area (Å²) in [5, 5.41) is 2.54. The van der Waals surface area contributed by atoms with Gasteiger partial charge in [-0.15, -0.1) is 0 Å². The number of halogens is 2. The van der Waals surface area contributed by atoms with E-state index < -0.39 is 17.5 Å². The molecule has 0 unspecified atom stereocenters. The van der Waals surface area contributed by atoms with Crippen LogP contribution in [-0.2, 0) is 6.42 Å². The molecule has 3 aromatic rings. The molecule has 0 atom stereocenters. The van der Waals surface area contributed by atoms with Gasteiger partial charge in [0.25, 0.3) is 5.91 Å².